The van der Waals surface area contributed by atoms with Gasteiger partial charge in [-0.1, -0.05) is 11.8 Å². The topological polar surface area (TPSA) is 106 Å². The third kappa shape index (κ3) is 6.46. The van der Waals surface area contributed by atoms with Crippen molar-refractivity contribution in [3.05, 3.63) is 30.1 Å². The summed E-state index contributed by atoms with van der Waals surface area (Å²) in [4.78, 5) is 33.0. The molecule has 2 N–H and O–H groups in total. The van der Waals surface area contributed by atoms with Crippen molar-refractivity contribution in [1.82, 2.24) is 14.9 Å². The van der Waals surface area contributed by atoms with Crippen LogP contribution in [0.2, 0.25) is 0 Å². The summed E-state index contributed by atoms with van der Waals surface area (Å²) < 4.78 is 15.5. The highest BCUT2D eigenvalue weighted by molar-refractivity contribution is 7.99. The van der Waals surface area contributed by atoms with E-state index >= 15 is 0 Å². The van der Waals surface area contributed by atoms with E-state index in [9.17, 15) is 9.59 Å². The van der Waals surface area contributed by atoms with E-state index in [1.165, 1.54) is 25.1 Å². The van der Waals surface area contributed by atoms with Crippen LogP contribution < -0.4 is 14.8 Å². The van der Waals surface area contributed by atoms with Crippen LogP contribution in [-0.4, -0.2) is 74.0 Å². The van der Waals surface area contributed by atoms with Gasteiger partial charge in [0.1, 0.15) is 6.61 Å². The van der Waals surface area contributed by atoms with Gasteiger partial charge >= 0.3 is 5.97 Å². The van der Waals surface area contributed by atoms with Crippen LogP contribution in [0.25, 0.3) is 0 Å². The van der Waals surface area contributed by atoms with Gasteiger partial charge in [0.2, 0.25) is 5.91 Å². The van der Waals surface area contributed by atoms with Gasteiger partial charge in [-0.05, 0) is 26.2 Å². The summed E-state index contributed by atoms with van der Waals surface area (Å²) in [6, 6.07) is 5.11. The monoisotopic (exact) mass is 408 g/mol. The predicted octanol–water partition coefficient (Wildman–Crippen LogP) is 1.88. The maximum Gasteiger partial charge on any atom is 0.358 e. The Bertz CT molecular complexity index is 809. The lowest BCUT2D eigenvalue weighted by atomic mass is 10.2. The van der Waals surface area contributed by atoms with E-state index in [1.807, 2.05) is 19.0 Å². The van der Waals surface area contributed by atoms with Gasteiger partial charge in [0.15, 0.2) is 22.3 Å². The molecule has 28 heavy (non-hydrogen) atoms. The highest BCUT2D eigenvalue weighted by Gasteiger charge is 2.14. The molecule has 9 nitrogen and oxygen atoms in total. The number of benzene rings is 1. The first-order valence-corrected chi connectivity index (χ1v) is 9.43. The Balaban J connectivity index is 1.83. The summed E-state index contributed by atoms with van der Waals surface area (Å²) in [7, 11) is 6.86. The Labute approximate surface area is 167 Å². The first kappa shape index (κ1) is 21.6. The number of methoxy groups -OCH3 is 2. The Morgan fingerprint density at radius 1 is 1.21 bits per heavy atom. The summed E-state index contributed by atoms with van der Waals surface area (Å²) in [5, 5.41) is 3.23. The number of anilines is 1. The summed E-state index contributed by atoms with van der Waals surface area (Å²) in [6.07, 6.45) is 1.46. The molecule has 1 heterocycles. The van der Waals surface area contributed by atoms with E-state index in [0.717, 1.165) is 0 Å². The fraction of sp³-hybridized carbons (Fsp3) is 0.389. The minimum Gasteiger partial charge on any atom is -0.493 e. The second kappa shape index (κ2) is 10.6. The molecule has 0 aliphatic rings. The summed E-state index contributed by atoms with van der Waals surface area (Å²) in [6.45, 7) is 0.920. The number of imidazole rings is 1. The first-order chi connectivity index (χ1) is 13.4. The summed E-state index contributed by atoms with van der Waals surface area (Å²) >= 11 is 1.18. The van der Waals surface area contributed by atoms with Crippen molar-refractivity contribution < 1.29 is 23.8 Å². The van der Waals surface area contributed by atoms with Crippen molar-refractivity contribution in [2.24, 2.45) is 0 Å². The number of thioether (sulfide) groups is 1. The van der Waals surface area contributed by atoms with Crippen molar-refractivity contribution >= 4 is 29.3 Å². The van der Waals surface area contributed by atoms with Crippen molar-refractivity contribution in [3.8, 4) is 11.5 Å². The first-order valence-electron chi connectivity index (χ1n) is 8.45. The fourth-order valence-corrected chi connectivity index (χ4v) is 2.77. The largest absolute Gasteiger partial charge is 0.493 e. The number of esters is 1. The van der Waals surface area contributed by atoms with Crippen LogP contribution in [0.5, 0.6) is 11.5 Å². The molecule has 0 saturated carbocycles. The fourth-order valence-electron chi connectivity index (χ4n) is 2.12. The van der Waals surface area contributed by atoms with Crippen molar-refractivity contribution in [1.29, 1.82) is 0 Å². The van der Waals surface area contributed by atoms with Gasteiger partial charge in [0.05, 0.1) is 20.0 Å². The van der Waals surface area contributed by atoms with E-state index in [-0.39, 0.29) is 24.0 Å². The van der Waals surface area contributed by atoms with E-state index in [2.05, 4.69) is 15.3 Å². The van der Waals surface area contributed by atoms with Crippen LogP contribution in [0.15, 0.2) is 29.6 Å². The van der Waals surface area contributed by atoms with Gasteiger partial charge in [0, 0.05) is 24.5 Å². The number of aromatic nitrogens is 2. The second-order valence-corrected chi connectivity index (χ2v) is 6.90. The van der Waals surface area contributed by atoms with Gasteiger partial charge in [-0.15, -0.1) is 0 Å². The number of nitrogens with zero attached hydrogens (tertiary/aromatic N) is 2. The number of aromatic amines is 1. The maximum absolute atomic E-state index is 12.1. The Kier molecular flexibility index (Phi) is 8.15. The number of likely N-dealkylation sites (N-methyl/N-ethyl adjacent to an activating group) is 1. The highest BCUT2D eigenvalue weighted by Crippen LogP contribution is 2.29. The Hall–Kier alpha value is -2.72. The number of ether oxygens (including phenoxy) is 3. The van der Waals surface area contributed by atoms with Crippen molar-refractivity contribution in [2.75, 3.05) is 52.5 Å². The van der Waals surface area contributed by atoms with Gasteiger partial charge in [-0.2, -0.15) is 0 Å². The molecule has 2 aromatic rings. The molecule has 0 spiro atoms. The van der Waals surface area contributed by atoms with E-state index in [1.54, 1.807) is 25.3 Å². The molecule has 0 bridgehead atoms. The molecule has 0 unspecified atom stereocenters. The highest BCUT2D eigenvalue weighted by atomic mass is 32.2. The number of amides is 1. The molecule has 2 rings (SSSR count). The van der Waals surface area contributed by atoms with Gasteiger partial charge in [0.25, 0.3) is 0 Å². The maximum atomic E-state index is 12.1. The number of H-pyrrole nitrogens is 1. The standard InChI is InChI=1S/C18H24N4O5S/c1-22(2)7-8-27-17(24)13-10-19-18(21-13)28-11-16(23)20-12-5-6-14(25-3)15(9-12)26-4/h5-6,9-10H,7-8,11H2,1-4H3,(H,19,21)(H,20,23). The lowest BCUT2D eigenvalue weighted by Gasteiger charge is -2.10. The molecule has 0 aliphatic heterocycles. The average molecular weight is 408 g/mol. The molecule has 0 saturated heterocycles. The number of hydrogen-bond acceptors (Lipinski definition) is 8. The normalized spacial score (nSPS) is 10.6. The average Bonchev–Trinajstić information content (AvgIpc) is 3.15. The minimum absolute atomic E-state index is 0.122. The molecule has 0 aliphatic carbocycles. The van der Waals surface area contributed by atoms with Crippen molar-refractivity contribution in [2.45, 2.75) is 5.16 Å². The molecular formula is C18H24N4O5S. The second-order valence-electron chi connectivity index (χ2n) is 5.94. The zero-order chi connectivity index (χ0) is 20.5. The number of nitrogens with one attached hydrogen (secondary N) is 2. The third-order valence-corrected chi connectivity index (χ3v) is 4.43. The summed E-state index contributed by atoms with van der Waals surface area (Å²) in [5.41, 5.74) is 0.773. The van der Waals surface area contributed by atoms with Gasteiger partial charge in [-0.25, -0.2) is 9.78 Å². The Morgan fingerprint density at radius 2 is 1.96 bits per heavy atom. The predicted molar refractivity (Wildman–Crippen MR) is 106 cm³/mol. The lowest BCUT2D eigenvalue weighted by molar-refractivity contribution is -0.113. The van der Waals surface area contributed by atoms with Crippen LogP contribution in [0.1, 0.15) is 10.5 Å². The molecule has 0 fully saturated rings. The zero-order valence-corrected chi connectivity index (χ0v) is 17.1. The van der Waals surface area contributed by atoms with Crippen LogP contribution in [-0.2, 0) is 9.53 Å². The molecule has 1 amide bonds. The molecule has 1 aromatic heterocycles. The number of carbonyl (C=O) groups excluding carboxylic acids is 2. The van der Waals surface area contributed by atoms with Crippen LogP contribution >= 0.6 is 11.8 Å². The molecular weight excluding hydrogens is 384 g/mol. The van der Waals surface area contributed by atoms with Crippen LogP contribution in [0.3, 0.4) is 0 Å². The van der Waals surface area contributed by atoms with Crippen LogP contribution in [0, 0.1) is 0 Å². The van der Waals surface area contributed by atoms with E-state index in [4.69, 9.17) is 14.2 Å². The minimum atomic E-state index is -0.500. The van der Waals surface area contributed by atoms with E-state index < -0.39 is 5.97 Å². The zero-order valence-electron chi connectivity index (χ0n) is 16.3. The summed E-state index contributed by atoms with van der Waals surface area (Å²) in [5.74, 6) is 0.507. The lowest BCUT2D eigenvalue weighted by Crippen LogP contribution is -2.20. The van der Waals surface area contributed by atoms with Crippen molar-refractivity contribution in [3.63, 3.8) is 0 Å². The van der Waals surface area contributed by atoms with Gasteiger partial charge in [-0.3, -0.25) is 4.79 Å². The number of hydrogen-bond donors (Lipinski definition) is 2. The number of rotatable bonds is 10. The number of carbonyl (C=O) groups is 2. The van der Waals surface area contributed by atoms with E-state index in [0.29, 0.717) is 28.9 Å². The smallest absolute Gasteiger partial charge is 0.358 e. The Morgan fingerprint density at radius 3 is 2.64 bits per heavy atom. The SMILES string of the molecule is COc1ccc(NC(=O)CSc2nc(C(=O)OCCN(C)C)c[nH]2)cc1OC. The third-order valence-electron chi connectivity index (χ3n) is 3.54. The molecule has 0 radical (unpaired) electrons. The molecule has 10 heteroatoms. The van der Waals surface area contributed by atoms with Gasteiger partial charge < -0.3 is 29.4 Å². The van der Waals surface area contributed by atoms with Crippen LogP contribution in [0.4, 0.5) is 5.69 Å². The molecule has 0 atom stereocenters. The molecule has 1 aromatic carbocycles. The molecule has 152 valence electrons. The quantitative estimate of drug-likeness (QED) is 0.453.